The summed E-state index contributed by atoms with van der Waals surface area (Å²) < 4.78 is 39.4. The fraction of sp³-hybridized carbons (Fsp3) is 0.500. The summed E-state index contributed by atoms with van der Waals surface area (Å²) >= 11 is 1.57. The number of anilines is 1. The van der Waals surface area contributed by atoms with E-state index in [4.69, 9.17) is 9.47 Å². The number of hydrogen-bond donors (Lipinski definition) is 0. The molecule has 1 heterocycles. The summed E-state index contributed by atoms with van der Waals surface area (Å²) in [5.41, 5.74) is 2.04. The van der Waals surface area contributed by atoms with Crippen LogP contribution in [0, 0.1) is 11.8 Å². The van der Waals surface area contributed by atoms with Crippen LogP contribution in [0.2, 0.25) is 0 Å². The monoisotopic (exact) mass is 505 g/mol. The number of thioether (sulfide) groups is 1. The van der Waals surface area contributed by atoms with Gasteiger partial charge >= 0.3 is 5.97 Å². The zero-order valence-corrected chi connectivity index (χ0v) is 22.1. The van der Waals surface area contributed by atoms with Crippen LogP contribution in [-0.4, -0.2) is 47.0 Å². The van der Waals surface area contributed by atoms with Crippen molar-refractivity contribution in [3.05, 3.63) is 53.6 Å². The first-order valence-corrected chi connectivity index (χ1v) is 14.2. The molecule has 1 saturated heterocycles. The highest BCUT2D eigenvalue weighted by atomic mass is 32.2. The number of benzene rings is 2. The average Bonchev–Trinajstić information content (AvgIpc) is 2.86. The molecular formula is C26H35NO5S2. The third-order valence-corrected chi connectivity index (χ3v) is 9.02. The van der Waals surface area contributed by atoms with Gasteiger partial charge in [0.05, 0.1) is 23.3 Å². The summed E-state index contributed by atoms with van der Waals surface area (Å²) in [6, 6.07) is 12.4. The molecule has 0 amide bonds. The summed E-state index contributed by atoms with van der Waals surface area (Å²) in [6.07, 6.45) is 2.87. The van der Waals surface area contributed by atoms with Crippen molar-refractivity contribution in [3.8, 4) is 0 Å². The van der Waals surface area contributed by atoms with E-state index in [-0.39, 0.29) is 16.4 Å². The highest BCUT2D eigenvalue weighted by Crippen LogP contribution is 2.32. The van der Waals surface area contributed by atoms with E-state index in [0.717, 1.165) is 48.7 Å². The van der Waals surface area contributed by atoms with Gasteiger partial charge in [-0.05, 0) is 67.0 Å². The Morgan fingerprint density at radius 1 is 1.15 bits per heavy atom. The highest BCUT2D eigenvalue weighted by molar-refractivity contribution is 7.99. The molecule has 0 aliphatic carbocycles. The molecule has 0 saturated carbocycles. The number of sulfonamides is 1. The van der Waals surface area contributed by atoms with Gasteiger partial charge in [0, 0.05) is 30.4 Å². The number of esters is 1. The van der Waals surface area contributed by atoms with E-state index < -0.39 is 16.0 Å². The minimum Gasteiger partial charge on any atom is -0.465 e. The van der Waals surface area contributed by atoms with E-state index in [1.165, 1.54) is 17.5 Å². The predicted molar refractivity (Wildman–Crippen MR) is 137 cm³/mol. The molecule has 1 aliphatic heterocycles. The molecule has 34 heavy (non-hydrogen) atoms. The van der Waals surface area contributed by atoms with Crippen molar-refractivity contribution >= 4 is 33.4 Å². The molecule has 0 aromatic heterocycles. The average molecular weight is 506 g/mol. The van der Waals surface area contributed by atoms with Crippen molar-refractivity contribution in [2.75, 3.05) is 36.9 Å². The Kier molecular flexibility index (Phi) is 9.45. The van der Waals surface area contributed by atoms with Crippen LogP contribution in [0.15, 0.2) is 52.3 Å². The quantitative estimate of drug-likeness (QED) is 0.318. The van der Waals surface area contributed by atoms with Crippen molar-refractivity contribution < 1.29 is 22.7 Å². The largest absolute Gasteiger partial charge is 0.465 e. The summed E-state index contributed by atoms with van der Waals surface area (Å²) in [6.45, 7) is 7.89. The Hall–Kier alpha value is -2.03. The van der Waals surface area contributed by atoms with Crippen molar-refractivity contribution in [1.29, 1.82) is 0 Å². The van der Waals surface area contributed by atoms with E-state index in [1.807, 2.05) is 38.1 Å². The van der Waals surface area contributed by atoms with Gasteiger partial charge in [0.15, 0.2) is 0 Å². The smallest absolute Gasteiger partial charge is 0.339 e. The van der Waals surface area contributed by atoms with Gasteiger partial charge in [0.1, 0.15) is 0 Å². The van der Waals surface area contributed by atoms with Crippen LogP contribution in [0.25, 0.3) is 0 Å². The van der Waals surface area contributed by atoms with Crippen LogP contribution in [0.5, 0.6) is 0 Å². The van der Waals surface area contributed by atoms with E-state index >= 15 is 0 Å². The predicted octanol–water partition coefficient (Wildman–Crippen LogP) is 5.41. The number of methoxy groups -OCH3 is 1. The Bertz CT molecular complexity index is 1060. The minimum atomic E-state index is -3.89. The topological polar surface area (TPSA) is 72.9 Å². The lowest BCUT2D eigenvalue weighted by Crippen LogP contribution is -2.34. The van der Waals surface area contributed by atoms with Gasteiger partial charge in [-0.25, -0.2) is 13.2 Å². The van der Waals surface area contributed by atoms with Crippen molar-refractivity contribution in [1.82, 2.24) is 0 Å². The van der Waals surface area contributed by atoms with Crippen LogP contribution in [0.3, 0.4) is 0 Å². The Labute approximate surface area is 208 Å². The standard InChI is InChI=1S/C26H35NO5S2/c1-5-20-6-8-22(9-7-20)27(17-19(2)3)34(29,30)23-10-11-25(24(16-23)26(28)31-4)33-18-21-12-14-32-15-13-21/h6-11,16,19,21H,5,12-15,17-18H2,1-4H3. The molecule has 2 aromatic rings. The van der Waals surface area contributed by atoms with E-state index in [0.29, 0.717) is 18.2 Å². The Balaban J connectivity index is 1.94. The van der Waals surface area contributed by atoms with E-state index in [9.17, 15) is 13.2 Å². The lowest BCUT2D eigenvalue weighted by molar-refractivity contribution is 0.0596. The van der Waals surface area contributed by atoms with Gasteiger partial charge in [-0.3, -0.25) is 4.31 Å². The van der Waals surface area contributed by atoms with Crippen LogP contribution in [0.4, 0.5) is 5.69 Å². The van der Waals surface area contributed by atoms with Gasteiger partial charge in [0.25, 0.3) is 10.0 Å². The molecule has 1 aliphatic rings. The van der Waals surface area contributed by atoms with Crippen molar-refractivity contribution in [2.24, 2.45) is 11.8 Å². The maximum atomic E-state index is 13.8. The number of nitrogens with zero attached hydrogens (tertiary/aromatic N) is 1. The van der Waals surface area contributed by atoms with Crippen LogP contribution in [-0.2, 0) is 25.9 Å². The molecule has 0 bridgehead atoms. The normalized spacial score (nSPS) is 14.9. The Morgan fingerprint density at radius 2 is 1.82 bits per heavy atom. The van der Waals surface area contributed by atoms with Crippen LogP contribution in [0.1, 0.15) is 49.5 Å². The lowest BCUT2D eigenvalue weighted by atomic mass is 10.0. The molecule has 1 fully saturated rings. The summed E-state index contributed by atoms with van der Waals surface area (Å²) in [4.78, 5) is 13.4. The zero-order chi connectivity index (χ0) is 24.7. The second-order valence-electron chi connectivity index (χ2n) is 8.97. The van der Waals surface area contributed by atoms with Crippen molar-refractivity contribution in [2.45, 2.75) is 49.8 Å². The molecule has 0 radical (unpaired) electrons. The number of rotatable bonds is 10. The number of aryl methyl sites for hydroxylation is 1. The van der Waals surface area contributed by atoms with Gasteiger partial charge in [-0.2, -0.15) is 0 Å². The van der Waals surface area contributed by atoms with Crippen LogP contribution < -0.4 is 4.31 Å². The van der Waals surface area contributed by atoms with Gasteiger partial charge < -0.3 is 9.47 Å². The first-order valence-electron chi connectivity index (χ1n) is 11.8. The first-order chi connectivity index (χ1) is 16.3. The molecular weight excluding hydrogens is 470 g/mol. The Morgan fingerprint density at radius 3 is 2.41 bits per heavy atom. The van der Waals surface area contributed by atoms with Crippen LogP contribution >= 0.6 is 11.8 Å². The second-order valence-corrected chi connectivity index (χ2v) is 11.9. The highest BCUT2D eigenvalue weighted by Gasteiger charge is 2.28. The number of carbonyl (C=O) groups is 1. The second kappa shape index (κ2) is 12.1. The van der Waals surface area contributed by atoms with E-state index in [1.54, 1.807) is 23.9 Å². The van der Waals surface area contributed by atoms with Gasteiger partial charge in [0.2, 0.25) is 0 Å². The molecule has 186 valence electrons. The van der Waals surface area contributed by atoms with Gasteiger partial charge in [-0.1, -0.05) is 32.9 Å². The molecule has 0 unspecified atom stereocenters. The summed E-state index contributed by atoms with van der Waals surface area (Å²) in [7, 11) is -2.57. The molecule has 6 nitrogen and oxygen atoms in total. The molecule has 0 atom stereocenters. The molecule has 0 N–H and O–H groups in total. The first kappa shape index (κ1) is 26.6. The summed E-state index contributed by atoms with van der Waals surface area (Å²) in [5, 5.41) is 0. The third-order valence-electron chi connectivity index (χ3n) is 5.92. The SMILES string of the molecule is CCc1ccc(N(CC(C)C)S(=O)(=O)c2ccc(SCC3CCOCC3)c(C(=O)OC)c2)cc1. The summed E-state index contributed by atoms with van der Waals surface area (Å²) in [5.74, 6) is 0.951. The maximum Gasteiger partial charge on any atom is 0.339 e. The zero-order valence-electron chi connectivity index (χ0n) is 20.5. The van der Waals surface area contributed by atoms with E-state index in [2.05, 4.69) is 6.92 Å². The van der Waals surface area contributed by atoms with Gasteiger partial charge in [-0.15, -0.1) is 11.8 Å². The molecule has 3 rings (SSSR count). The fourth-order valence-electron chi connectivity index (χ4n) is 3.88. The number of hydrogen-bond acceptors (Lipinski definition) is 6. The lowest BCUT2D eigenvalue weighted by Gasteiger charge is -2.27. The molecule has 2 aromatic carbocycles. The fourth-order valence-corrected chi connectivity index (χ4v) is 6.75. The van der Waals surface area contributed by atoms with Crippen molar-refractivity contribution in [3.63, 3.8) is 0 Å². The minimum absolute atomic E-state index is 0.0866. The maximum absolute atomic E-state index is 13.8. The number of carbonyl (C=O) groups excluding carboxylic acids is 1. The molecule has 0 spiro atoms. The molecule has 8 heteroatoms. The number of ether oxygens (including phenoxy) is 2. The third kappa shape index (κ3) is 6.55.